The maximum atomic E-state index is 8.78. The molecular weight excluding hydrogens is 879 g/mol. The number of aryl methyl sites for hydroxylation is 2. The van der Waals surface area contributed by atoms with Crippen molar-refractivity contribution in [3.05, 3.63) is 105 Å². The molecule has 0 N–H and O–H groups in total. The molecule has 2 unspecified atom stereocenters. The molecule has 0 bridgehead atoms. The predicted octanol–water partition coefficient (Wildman–Crippen LogP) is 13.4. The molecule has 56 heavy (non-hydrogen) atoms. The Balaban J connectivity index is 1.59. The first-order valence-corrected chi connectivity index (χ1v) is 51.3. The minimum absolute atomic E-state index is 0.0789. The van der Waals surface area contributed by atoms with Gasteiger partial charge < -0.3 is 0 Å². The van der Waals surface area contributed by atoms with Crippen LogP contribution < -0.4 is 20.7 Å². The van der Waals surface area contributed by atoms with E-state index in [1.165, 1.54) is 66.8 Å². The molecule has 8 heteroatoms. The Morgan fingerprint density at radius 1 is 0.464 bits per heavy atom. The molecule has 6 rings (SSSR count). The van der Waals surface area contributed by atoms with E-state index in [1.807, 2.05) is 0 Å². The van der Waals surface area contributed by atoms with Gasteiger partial charge in [-0.25, -0.2) is 0 Å². The van der Waals surface area contributed by atoms with E-state index in [4.69, 9.17) is 17.0 Å². The Morgan fingerprint density at radius 2 is 0.750 bits per heavy atom. The molecule has 0 nitrogen and oxygen atoms in total. The van der Waals surface area contributed by atoms with E-state index in [2.05, 4.69) is 192 Å². The Hall–Kier alpha value is -1.09. The molecule has 0 aliphatic heterocycles. The van der Waals surface area contributed by atoms with Crippen LogP contribution >= 0.6 is 17.0 Å². The number of hydrogen-bond donors (Lipinski definition) is 0. The second-order valence-corrected chi connectivity index (χ2v) is 85.0. The predicted molar refractivity (Wildman–Crippen MR) is 269 cm³/mol. The van der Waals surface area contributed by atoms with Crippen LogP contribution in [0, 0.1) is 13.8 Å². The molecule has 2 aliphatic rings. The van der Waals surface area contributed by atoms with Gasteiger partial charge in [0.15, 0.2) is 0 Å². The van der Waals surface area contributed by atoms with Crippen LogP contribution in [0.2, 0.25) is 91.7 Å². The molecule has 0 saturated carbocycles. The molecule has 0 aromatic heterocycles. The molecule has 2 aliphatic carbocycles. The summed E-state index contributed by atoms with van der Waals surface area (Å²) < 4.78 is 0.158. The number of halogens is 2. The average Bonchev–Trinajstić information content (AvgIpc) is 3.58. The van der Waals surface area contributed by atoms with E-state index in [1.54, 1.807) is 20.7 Å². The molecule has 0 amide bonds. The normalized spacial score (nSPS) is 18.4. The third-order valence-corrected chi connectivity index (χ3v) is 73.7. The maximum absolute atomic E-state index is 8.78. The van der Waals surface area contributed by atoms with Crippen molar-refractivity contribution in [3.8, 4) is 22.3 Å². The van der Waals surface area contributed by atoms with E-state index < -0.39 is 53.8 Å². The fourth-order valence-electron chi connectivity index (χ4n) is 9.76. The van der Waals surface area contributed by atoms with E-state index in [-0.39, 0.29) is 7.25 Å². The van der Waals surface area contributed by atoms with Gasteiger partial charge in [-0.1, -0.05) is 0 Å². The van der Waals surface area contributed by atoms with Crippen molar-refractivity contribution in [2.24, 2.45) is 0 Å². The zero-order valence-electron chi connectivity index (χ0n) is 37.9. The molecule has 0 fully saturated rings. The van der Waals surface area contributed by atoms with Crippen LogP contribution in [0.3, 0.4) is 0 Å². The zero-order valence-corrected chi connectivity index (χ0v) is 47.0. The number of rotatable bonds is 9. The topological polar surface area (TPSA) is 0 Å². The molecule has 4 aromatic rings. The third-order valence-electron chi connectivity index (χ3n) is 13.4. The second-order valence-electron chi connectivity index (χ2n) is 22.1. The fraction of sp³-hybridized carbons (Fsp3) is 0.417. The minimum atomic E-state index is -4.88. The van der Waals surface area contributed by atoms with Crippen LogP contribution in [0.5, 0.6) is 0 Å². The second kappa shape index (κ2) is 14.5. The summed E-state index contributed by atoms with van der Waals surface area (Å²) in [7, 11) is 11.3. The van der Waals surface area contributed by atoms with Crippen LogP contribution in [0.4, 0.5) is 0 Å². The van der Waals surface area contributed by atoms with Crippen molar-refractivity contribution in [1.82, 2.24) is 0 Å². The summed E-state index contributed by atoms with van der Waals surface area (Å²) in [6.07, 6.45) is 5.00. The van der Waals surface area contributed by atoms with Gasteiger partial charge in [0.2, 0.25) is 0 Å². The summed E-state index contributed by atoms with van der Waals surface area (Å²) in [5.74, 6) is -1.66. The van der Waals surface area contributed by atoms with Crippen molar-refractivity contribution < 1.29 is 15.6 Å². The summed E-state index contributed by atoms with van der Waals surface area (Å²) in [5.41, 5.74) is 16.4. The number of fused-ring (bicyclic) bond motifs is 2. The Labute approximate surface area is 354 Å². The van der Waals surface area contributed by atoms with Gasteiger partial charge in [-0.2, -0.15) is 0 Å². The first-order valence-electron chi connectivity index (χ1n) is 21.0. The van der Waals surface area contributed by atoms with Crippen molar-refractivity contribution in [1.29, 1.82) is 0 Å². The molecule has 299 valence electrons. The van der Waals surface area contributed by atoms with Gasteiger partial charge in [0.05, 0.1) is 0 Å². The van der Waals surface area contributed by atoms with Gasteiger partial charge in [0.1, 0.15) is 0 Å². The third kappa shape index (κ3) is 7.61. The Kier molecular flexibility index (Phi) is 11.5. The van der Waals surface area contributed by atoms with Crippen molar-refractivity contribution >= 4 is 88.1 Å². The first kappa shape index (κ1) is 44.5. The molecule has 4 aromatic carbocycles. The summed E-state index contributed by atoms with van der Waals surface area (Å²) in [4.78, 5) is 0. The number of benzene rings is 4. The zero-order chi connectivity index (χ0) is 41.9. The van der Waals surface area contributed by atoms with Crippen molar-refractivity contribution in [2.75, 3.05) is 0 Å². The Bertz CT molecular complexity index is 2100. The van der Waals surface area contributed by atoms with Gasteiger partial charge in [0.25, 0.3) is 0 Å². The fourth-order valence-corrected chi connectivity index (χ4v) is 47.7. The molecular formula is C48H69Cl2Si5Zr. The summed E-state index contributed by atoms with van der Waals surface area (Å²) in [6.45, 7) is 44.1. The summed E-state index contributed by atoms with van der Waals surface area (Å²) in [5, 5.41) is 6.21. The summed E-state index contributed by atoms with van der Waals surface area (Å²) >= 11 is -4.88. The van der Waals surface area contributed by atoms with Gasteiger partial charge >= 0.3 is 358 Å². The van der Waals surface area contributed by atoms with Crippen molar-refractivity contribution in [3.63, 3.8) is 0 Å². The van der Waals surface area contributed by atoms with Crippen LogP contribution in [-0.4, -0.2) is 38.2 Å². The van der Waals surface area contributed by atoms with Crippen molar-refractivity contribution in [2.45, 2.75) is 127 Å². The average molecular weight is 949 g/mol. The van der Waals surface area contributed by atoms with Gasteiger partial charge in [0, 0.05) is 0 Å². The van der Waals surface area contributed by atoms with Crippen LogP contribution in [0.25, 0.3) is 34.4 Å². The van der Waals surface area contributed by atoms with E-state index in [0.717, 1.165) is 0 Å². The van der Waals surface area contributed by atoms with Gasteiger partial charge in [-0.05, 0) is 0 Å². The van der Waals surface area contributed by atoms with Crippen LogP contribution in [-0.2, 0) is 15.6 Å². The van der Waals surface area contributed by atoms with E-state index in [0.29, 0.717) is 0 Å². The molecule has 0 radical (unpaired) electrons. The Morgan fingerprint density at radius 3 is 1.00 bits per heavy atom. The SMILES string of the molecule is CC1=Cc2c(ccc(C)c2-c2cc([Si](C)(C)C)cc([Si](C)(C)C)c2)[CH]1[Zr]([Cl])([Cl])([CH]1C(C)=Cc2c1ccc(C)c2-c1cc([Si](C)(C)C)cc([Si](C)(C)C)c1)[SiH](C)C. The molecule has 0 saturated heterocycles. The monoisotopic (exact) mass is 945 g/mol. The van der Waals surface area contributed by atoms with Gasteiger partial charge in [-0.3, -0.25) is 0 Å². The summed E-state index contributed by atoms with van der Waals surface area (Å²) in [6, 6.07) is 24.8. The van der Waals surface area contributed by atoms with Crippen LogP contribution in [0.15, 0.2) is 71.8 Å². The van der Waals surface area contributed by atoms with Gasteiger partial charge in [-0.15, -0.1) is 0 Å². The molecule has 0 spiro atoms. The first-order chi connectivity index (χ1) is 25.5. The molecule has 2 atom stereocenters. The quantitative estimate of drug-likeness (QED) is 0.147. The molecule has 0 heterocycles. The van der Waals surface area contributed by atoms with E-state index >= 15 is 0 Å². The number of hydrogen-bond acceptors (Lipinski definition) is 0. The van der Waals surface area contributed by atoms with Crippen LogP contribution in [0.1, 0.15) is 54.5 Å². The van der Waals surface area contributed by atoms with E-state index in [9.17, 15) is 0 Å². The standard InChI is InChI=1S/2C23H31Si2.C2H7Si.2ClH.Zr/c2*1-16-11-18-10-9-17(2)23(22(18)12-16)19-13-20(24(3,4)5)15-21(14-19)25(6,7)8;1-3-2;;;/h2*9-15H,1-8H3;3H,1-2H3;2*1H;/q;;;;;+2/p-2. The number of allylic oxidation sites excluding steroid dienone is 2.